The van der Waals surface area contributed by atoms with E-state index in [2.05, 4.69) is 5.32 Å². The average Bonchev–Trinajstić information content (AvgIpc) is 2.76. The number of rotatable bonds is 4. The van der Waals surface area contributed by atoms with Gasteiger partial charge in [0.1, 0.15) is 28.3 Å². The van der Waals surface area contributed by atoms with Crippen molar-refractivity contribution < 1.29 is 23.1 Å². The van der Waals surface area contributed by atoms with Crippen molar-refractivity contribution in [2.75, 3.05) is 11.9 Å². The second-order valence-electron chi connectivity index (χ2n) is 9.01. The van der Waals surface area contributed by atoms with Crippen LogP contribution in [0.25, 0.3) is 21.9 Å². The maximum Gasteiger partial charge on any atom is 0.336 e. The molecule has 3 heterocycles. The van der Waals surface area contributed by atoms with Crippen molar-refractivity contribution in [1.29, 1.82) is 0 Å². The Morgan fingerprint density at radius 3 is 2.71 bits per heavy atom. The molecule has 2 aromatic heterocycles. The fraction of sp³-hybridized carbons (Fsp3) is 0.269. The van der Waals surface area contributed by atoms with Crippen molar-refractivity contribution in [1.82, 2.24) is 0 Å². The lowest BCUT2D eigenvalue weighted by Gasteiger charge is -2.33. The predicted molar refractivity (Wildman–Crippen MR) is 127 cm³/mol. The Kier molecular flexibility index (Phi) is 5.16. The van der Waals surface area contributed by atoms with Crippen molar-refractivity contribution in [3.8, 4) is 11.5 Å². The van der Waals surface area contributed by atoms with Gasteiger partial charge in [0.25, 0.3) is 5.91 Å². The first-order chi connectivity index (χ1) is 16.2. The Labute approximate surface area is 194 Å². The van der Waals surface area contributed by atoms with Crippen LogP contribution in [0.3, 0.4) is 0 Å². The highest BCUT2D eigenvalue weighted by Gasteiger charge is 2.30. The zero-order valence-electron chi connectivity index (χ0n) is 19.0. The van der Waals surface area contributed by atoms with Crippen LogP contribution in [-0.2, 0) is 11.2 Å². The van der Waals surface area contributed by atoms with Crippen molar-refractivity contribution >= 4 is 33.5 Å². The maximum atomic E-state index is 12.6. The van der Waals surface area contributed by atoms with Gasteiger partial charge in [-0.2, -0.15) is 0 Å². The minimum atomic E-state index is -0.445. The number of carbonyl (C=O) groups excluding carboxylic acids is 1. The number of benzene rings is 2. The molecule has 0 radical (unpaired) electrons. The van der Waals surface area contributed by atoms with Crippen molar-refractivity contribution in [2.24, 2.45) is 0 Å². The van der Waals surface area contributed by atoms with Crippen molar-refractivity contribution in [3.63, 3.8) is 0 Å². The highest BCUT2D eigenvalue weighted by atomic mass is 16.5. The average molecular weight is 461 g/mol. The number of fused-ring (bicyclic) bond motifs is 4. The molecule has 174 valence electrons. The number of aryl methyl sites for hydroxylation is 2. The third-order valence-electron chi connectivity index (χ3n) is 5.86. The molecule has 1 N–H and O–H groups in total. The van der Waals surface area contributed by atoms with Crippen molar-refractivity contribution in [2.45, 2.75) is 39.2 Å². The molecule has 4 aromatic rings. The lowest BCUT2D eigenvalue weighted by Crippen LogP contribution is -2.32. The SMILES string of the molecule is Cc1cc(=O)oc2c3c(cc(OCC(=O)Nc4ccc5oc(=O)ccc5c4)c12)OC(C)(C)CC3. The monoisotopic (exact) mass is 461 g/mol. The first-order valence-corrected chi connectivity index (χ1v) is 10.9. The van der Waals surface area contributed by atoms with E-state index in [0.717, 1.165) is 12.0 Å². The molecule has 1 aliphatic rings. The van der Waals surface area contributed by atoms with Crippen LogP contribution in [0, 0.1) is 6.92 Å². The van der Waals surface area contributed by atoms with Gasteiger partial charge in [-0.15, -0.1) is 0 Å². The zero-order chi connectivity index (χ0) is 24.0. The summed E-state index contributed by atoms with van der Waals surface area (Å²) in [5.41, 5.74) is 1.69. The summed E-state index contributed by atoms with van der Waals surface area (Å²) in [6.45, 7) is 5.53. The van der Waals surface area contributed by atoms with E-state index < -0.39 is 11.3 Å². The summed E-state index contributed by atoms with van der Waals surface area (Å²) in [7, 11) is 0. The first kappa shape index (κ1) is 21.8. The second kappa shape index (κ2) is 8.06. The van der Waals surface area contributed by atoms with E-state index in [-0.39, 0.29) is 18.1 Å². The molecule has 0 fully saturated rings. The zero-order valence-corrected chi connectivity index (χ0v) is 19.0. The van der Waals surface area contributed by atoms with Gasteiger partial charge in [0.15, 0.2) is 6.61 Å². The van der Waals surface area contributed by atoms with Crippen LogP contribution in [0.4, 0.5) is 5.69 Å². The van der Waals surface area contributed by atoms with E-state index in [0.29, 0.717) is 51.1 Å². The summed E-state index contributed by atoms with van der Waals surface area (Å²) in [5.74, 6) is 0.617. The molecular formula is C26H23NO7. The van der Waals surface area contributed by atoms with Crippen LogP contribution in [0.5, 0.6) is 11.5 Å². The van der Waals surface area contributed by atoms with E-state index in [1.807, 2.05) is 13.8 Å². The summed E-state index contributed by atoms with van der Waals surface area (Å²) in [5, 5.41) is 4.11. The summed E-state index contributed by atoms with van der Waals surface area (Å²) in [6.07, 6.45) is 1.48. The molecule has 0 bridgehead atoms. The lowest BCUT2D eigenvalue weighted by atomic mass is 9.92. The van der Waals surface area contributed by atoms with Gasteiger partial charge in [-0.05, 0) is 63.4 Å². The number of carbonyl (C=O) groups is 1. The molecule has 2 aromatic carbocycles. The van der Waals surface area contributed by atoms with E-state index in [1.165, 1.54) is 12.1 Å². The van der Waals surface area contributed by atoms with Gasteiger partial charge in [0, 0.05) is 34.8 Å². The number of amides is 1. The van der Waals surface area contributed by atoms with Gasteiger partial charge in [-0.25, -0.2) is 9.59 Å². The Bertz CT molecular complexity index is 1560. The molecule has 34 heavy (non-hydrogen) atoms. The van der Waals surface area contributed by atoms with Gasteiger partial charge < -0.3 is 23.6 Å². The number of nitrogens with one attached hydrogen (secondary N) is 1. The Morgan fingerprint density at radius 1 is 1.06 bits per heavy atom. The molecule has 8 heteroatoms. The minimum Gasteiger partial charge on any atom is -0.487 e. The molecule has 8 nitrogen and oxygen atoms in total. The first-order valence-electron chi connectivity index (χ1n) is 10.9. The van der Waals surface area contributed by atoms with E-state index in [4.69, 9.17) is 18.3 Å². The molecule has 0 spiro atoms. The Hall–Kier alpha value is -4.07. The second-order valence-corrected chi connectivity index (χ2v) is 9.01. The van der Waals surface area contributed by atoms with E-state index in [1.54, 1.807) is 37.3 Å². The number of anilines is 1. The normalized spacial score (nSPS) is 14.4. The molecule has 0 saturated carbocycles. The largest absolute Gasteiger partial charge is 0.487 e. The van der Waals surface area contributed by atoms with Crippen molar-refractivity contribution in [3.05, 3.63) is 74.4 Å². The standard InChI is InChI=1S/C26H23NO7/c1-14-10-23(30)33-25-17-8-9-26(2,3)34-19(17)12-20(24(14)25)31-13-21(28)27-16-5-6-18-15(11-16)4-7-22(29)32-18/h4-7,10-12H,8-9,13H2,1-3H3,(H,27,28). The number of ether oxygens (including phenoxy) is 2. The molecule has 1 amide bonds. The van der Waals surface area contributed by atoms with Gasteiger partial charge in [-0.3, -0.25) is 4.79 Å². The third-order valence-corrected chi connectivity index (χ3v) is 5.86. The molecule has 0 unspecified atom stereocenters. The maximum absolute atomic E-state index is 12.6. The quantitative estimate of drug-likeness (QED) is 0.451. The molecule has 0 saturated heterocycles. The predicted octanol–water partition coefficient (Wildman–Crippen LogP) is 4.33. The summed E-state index contributed by atoms with van der Waals surface area (Å²) in [6, 6.07) is 11.1. The summed E-state index contributed by atoms with van der Waals surface area (Å²) >= 11 is 0. The smallest absolute Gasteiger partial charge is 0.336 e. The van der Waals surface area contributed by atoms with Crippen LogP contribution in [0.15, 0.2) is 60.9 Å². The van der Waals surface area contributed by atoms with Gasteiger partial charge in [-0.1, -0.05) is 0 Å². The van der Waals surface area contributed by atoms with Gasteiger partial charge in [0.2, 0.25) is 0 Å². The fourth-order valence-electron chi connectivity index (χ4n) is 4.22. The number of hydrogen-bond donors (Lipinski definition) is 1. The van der Waals surface area contributed by atoms with Gasteiger partial charge in [0.05, 0.1) is 5.39 Å². The van der Waals surface area contributed by atoms with E-state index >= 15 is 0 Å². The van der Waals surface area contributed by atoms with Crippen LogP contribution in [0.1, 0.15) is 31.4 Å². The van der Waals surface area contributed by atoms with Crippen LogP contribution < -0.4 is 26.0 Å². The third kappa shape index (κ3) is 4.14. The highest BCUT2D eigenvalue weighted by Crippen LogP contribution is 2.42. The van der Waals surface area contributed by atoms with Gasteiger partial charge >= 0.3 is 11.3 Å². The van der Waals surface area contributed by atoms with Crippen LogP contribution >= 0.6 is 0 Å². The highest BCUT2D eigenvalue weighted by molar-refractivity contribution is 5.95. The molecule has 1 aliphatic heterocycles. The topological polar surface area (TPSA) is 108 Å². The fourth-order valence-corrected chi connectivity index (χ4v) is 4.22. The molecule has 5 rings (SSSR count). The van der Waals surface area contributed by atoms with Crippen LogP contribution in [0.2, 0.25) is 0 Å². The Balaban J connectivity index is 1.42. The van der Waals surface area contributed by atoms with Crippen LogP contribution in [-0.4, -0.2) is 18.1 Å². The minimum absolute atomic E-state index is 0.266. The molecule has 0 atom stereocenters. The van der Waals surface area contributed by atoms with E-state index in [9.17, 15) is 14.4 Å². The molecule has 0 aliphatic carbocycles. The Morgan fingerprint density at radius 2 is 1.88 bits per heavy atom. The molecular weight excluding hydrogens is 438 g/mol. The summed E-state index contributed by atoms with van der Waals surface area (Å²) in [4.78, 5) is 36.0. The lowest BCUT2D eigenvalue weighted by molar-refractivity contribution is -0.118. The summed E-state index contributed by atoms with van der Waals surface area (Å²) < 4.78 is 22.7. The number of hydrogen-bond acceptors (Lipinski definition) is 7.